The largest absolute Gasteiger partial charge is 0.399 e. The molecule has 0 atom stereocenters. The number of hydrogen-bond donors (Lipinski definition) is 2. The number of rotatable bonds is 4. The second-order valence-corrected chi connectivity index (χ2v) is 5.27. The highest BCUT2D eigenvalue weighted by atomic mass is 79.9. The quantitative estimate of drug-likeness (QED) is 0.835. The van der Waals surface area contributed by atoms with Crippen LogP contribution in [-0.2, 0) is 11.2 Å². The minimum Gasteiger partial charge on any atom is -0.399 e. The Balaban J connectivity index is 1.94. The van der Waals surface area contributed by atoms with Crippen LogP contribution in [0.4, 0.5) is 15.8 Å². The first-order chi connectivity index (χ1) is 9.54. The number of halogens is 2. The summed E-state index contributed by atoms with van der Waals surface area (Å²) in [6, 6.07) is 11.6. The van der Waals surface area contributed by atoms with Gasteiger partial charge in [-0.2, -0.15) is 0 Å². The van der Waals surface area contributed by atoms with Gasteiger partial charge in [0.2, 0.25) is 5.91 Å². The summed E-state index contributed by atoms with van der Waals surface area (Å²) in [4.78, 5) is 11.8. The summed E-state index contributed by atoms with van der Waals surface area (Å²) in [6.07, 6.45) is 0.899. The van der Waals surface area contributed by atoms with E-state index >= 15 is 0 Å². The monoisotopic (exact) mass is 336 g/mol. The number of amides is 1. The molecule has 0 aliphatic rings. The molecule has 0 fully saturated rings. The van der Waals surface area contributed by atoms with E-state index in [2.05, 4.69) is 21.2 Å². The molecule has 3 N–H and O–H groups in total. The van der Waals surface area contributed by atoms with Gasteiger partial charge in [-0.1, -0.05) is 12.1 Å². The number of aryl methyl sites for hydroxylation is 1. The van der Waals surface area contributed by atoms with E-state index in [4.69, 9.17) is 5.73 Å². The van der Waals surface area contributed by atoms with Crippen LogP contribution in [0.2, 0.25) is 0 Å². The van der Waals surface area contributed by atoms with Crippen molar-refractivity contribution in [2.24, 2.45) is 0 Å². The fourth-order valence-corrected chi connectivity index (χ4v) is 2.16. The zero-order valence-electron chi connectivity index (χ0n) is 10.7. The van der Waals surface area contributed by atoms with Crippen LogP contribution in [-0.4, -0.2) is 5.91 Å². The summed E-state index contributed by atoms with van der Waals surface area (Å²) < 4.78 is 13.8. The Kier molecular flexibility index (Phi) is 4.74. The van der Waals surface area contributed by atoms with Gasteiger partial charge in [0.1, 0.15) is 5.82 Å². The SMILES string of the molecule is Nc1cccc(CCC(=O)Nc2cc(F)ccc2Br)c1. The minimum atomic E-state index is -0.390. The third-order valence-corrected chi connectivity index (χ3v) is 3.49. The van der Waals surface area contributed by atoms with Crippen LogP contribution in [0.25, 0.3) is 0 Å². The van der Waals surface area contributed by atoms with E-state index in [0.29, 0.717) is 28.7 Å². The Labute approximate surface area is 125 Å². The second kappa shape index (κ2) is 6.52. The lowest BCUT2D eigenvalue weighted by atomic mass is 10.1. The number of nitrogens with one attached hydrogen (secondary N) is 1. The van der Waals surface area contributed by atoms with Gasteiger partial charge in [0, 0.05) is 16.6 Å². The van der Waals surface area contributed by atoms with E-state index < -0.39 is 0 Å². The summed E-state index contributed by atoms with van der Waals surface area (Å²) in [6.45, 7) is 0. The number of nitrogens with two attached hydrogens (primary N) is 1. The standard InChI is InChI=1S/C15H14BrFN2O/c16-13-6-5-11(17)9-14(13)19-15(20)7-4-10-2-1-3-12(18)8-10/h1-3,5-6,8-9H,4,7,18H2,(H,19,20). The van der Waals surface area contributed by atoms with E-state index in [9.17, 15) is 9.18 Å². The van der Waals surface area contributed by atoms with Crippen LogP contribution in [0.5, 0.6) is 0 Å². The lowest BCUT2D eigenvalue weighted by molar-refractivity contribution is -0.116. The maximum absolute atomic E-state index is 13.1. The Hall–Kier alpha value is -1.88. The molecule has 20 heavy (non-hydrogen) atoms. The summed E-state index contributed by atoms with van der Waals surface area (Å²) in [5, 5.41) is 2.68. The highest BCUT2D eigenvalue weighted by molar-refractivity contribution is 9.10. The molecule has 0 aliphatic carbocycles. The highest BCUT2D eigenvalue weighted by Crippen LogP contribution is 2.23. The molecule has 0 unspecified atom stereocenters. The van der Waals surface area contributed by atoms with Crippen molar-refractivity contribution < 1.29 is 9.18 Å². The minimum absolute atomic E-state index is 0.168. The van der Waals surface area contributed by atoms with Crippen molar-refractivity contribution in [1.82, 2.24) is 0 Å². The van der Waals surface area contributed by atoms with Crippen molar-refractivity contribution in [1.29, 1.82) is 0 Å². The normalized spacial score (nSPS) is 10.3. The molecule has 0 heterocycles. The van der Waals surface area contributed by atoms with Gasteiger partial charge in [0.15, 0.2) is 0 Å². The average molecular weight is 337 g/mol. The molecule has 0 saturated carbocycles. The zero-order chi connectivity index (χ0) is 14.5. The highest BCUT2D eigenvalue weighted by Gasteiger charge is 2.07. The van der Waals surface area contributed by atoms with Gasteiger partial charge >= 0.3 is 0 Å². The van der Waals surface area contributed by atoms with Crippen molar-refractivity contribution in [3.63, 3.8) is 0 Å². The molecule has 0 aromatic heterocycles. The molecule has 2 rings (SSSR count). The fraction of sp³-hybridized carbons (Fsp3) is 0.133. The maximum atomic E-state index is 13.1. The average Bonchev–Trinajstić information content (AvgIpc) is 2.41. The number of hydrogen-bond acceptors (Lipinski definition) is 2. The van der Waals surface area contributed by atoms with Gasteiger partial charge in [-0.3, -0.25) is 4.79 Å². The van der Waals surface area contributed by atoms with Crippen molar-refractivity contribution in [2.45, 2.75) is 12.8 Å². The number of carbonyl (C=O) groups is 1. The van der Waals surface area contributed by atoms with Crippen LogP contribution >= 0.6 is 15.9 Å². The Morgan fingerprint density at radius 2 is 2.05 bits per heavy atom. The third kappa shape index (κ3) is 4.06. The maximum Gasteiger partial charge on any atom is 0.224 e. The molecule has 5 heteroatoms. The van der Waals surface area contributed by atoms with Gasteiger partial charge in [0.25, 0.3) is 0 Å². The molecular weight excluding hydrogens is 323 g/mol. The van der Waals surface area contributed by atoms with E-state index in [1.165, 1.54) is 12.1 Å². The molecule has 0 saturated heterocycles. The predicted octanol–water partition coefficient (Wildman–Crippen LogP) is 3.74. The molecule has 0 bridgehead atoms. The van der Waals surface area contributed by atoms with Gasteiger partial charge in [-0.05, 0) is 58.2 Å². The van der Waals surface area contributed by atoms with Gasteiger partial charge in [-0.15, -0.1) is 0 Å². The number of anilines is 2. The molecule has 2 aromatic rings. The first-order valence-electron chi connectivity index (χ1n) is 6.14. The van der Waals surface area contributed by atoms with Crippen LogP contribution < -0.4 is 11.1 Å². The summed E-state index contributed by atoms with van der Waals surface area (Å²) in [5.74, 6) is -0.557. The van der Waals surface area contributed by atoms with Crippen molar-refractivity contribution >= 4 is 33.2 Å². The second-order valence-electron chi connectivity index (χ2n) is 4.42. The molecule has 104 valence electrons. The van der Waals surface area contributed by atoms with Crippen molar-refractivity contribution in [3.05, 3.63) is 58.3 Å². The smallest absolute Gasteiger partial charge is 0.224 e. The Morgan fingerprint density at radius 1 is 1.25 bits per heavy atom. The molecule has 0 aliphatic heterocycles. The predicted molar refractivity (Wildman–Crippen MR) is 81.9 cm³/mol. The fourth-order valence-electron chi connectivity index (χ4n) is 1.81. The Bertz CT molecular complexity index is 631. The van der Waals surface area contributed by atoms with Crippen molar-refractivity contribution in [2.75, 3.05) is 11.1 Å². The summed E-state index contributed by atoms with van der Waals surface area (Å²) >= 11 is 3.27. The first-order valence-corrected chi connectivity index (χ1v) is 6.93. The molecule has 2 aromatic carbocycles. The molecule has 1 amide bonds. The first kappa shape index (κ1) is 14.5. The molecular formula is C15H14BrFN2O. The lowest BCUT2D eigenvalue weighted by Crippen LogP contribution is -2.13. The summed E-state index contributed by atoms with van der Waals surface area (Å²) in [5.41, 5.74) is 7.78. The zero-order valence-corrected chi connectivity index (χ0v) is 12.3. The molecule has 0 spiro atoms. The molecule has 0 radical (unpaired) electrons. The number of nitrogen functional groups attached to an aromatic ring is 1. The van der Waals surface area contributed by atoms with Gasteiger partial charge in [0.05, 0.1) is 5.69 Å². The van der Waals surface area contributed by atoms with Crippen LogP contribution in [0.15, 0.2) is 46.9 Å². The van der Waals surface area contributed by atoms with E-state index in [0.717, 1.165) is 5.56 Å². The van der Waals surface area contributed by atoms with Gasteiger partial charge < -0.3 is 11.1 Å². The third-order valence-electron chi connectivity index (χ3n) is 2.79. The van der Waals surface area contributed by atoms with E-state index in [1.807, 2.05) is 18.2 Å². The molecule has 3 nitrogen and oxygen atoms in total. The van der Waals surface area contributed by atoms with Crippen molar-refractivity contribution in [3.8, 4) is 0 Å². The van der Waals surface area contributed by atoms with Crippen LogP contribution in [0.1, 0.15) is 12.0 Å². The number of carbonyl (C=O) groups excluding carboxylic acids is 1. The van der Waals surface area contributed by atoms with Crippen LogP contribution in [0.3, 0.4) is 0 Å². The number of benzene rings is 2. The topological polar surface area (TPSA) is 55.1 Å². The summed E-state index contributed by atoms with van der Waals surface area (Å²) in [7, 11) is 0. The van der Waals surface area contributed by atoms with Gasteiger partial charge in [-0.25, -0.2) is 4.39 Å². The van der Waals surface area contributed by atoms with E-state index in [-0.39, 0.29) is 11.7 Å². The van der Waals surface area contributed by atoms with E-state index in [1.54, 1.807) is 12.1 Å². The van der Waals surface area contributed by atoms with Crippen LogP contribution in [0, 0.1) is 5.82 Å². The Morgan fingerprint density at radius 3 is 2.80 bits per heavy atom. The lowest BCUT2D eigenvalue weighted by Gasteiger charge is -2.08.